The van der Waals surface area contributed by atoms with E-state index in [0.29, 0.717) is 5.02 Å². The van der Waals surface area contributed by atoms with E-state index in [0.717, 1.165) is 72.2 Å². The first-order valence-corrected chi connectivity index (χ1v) is 12.3. The third kappa shape index (κ3) is 4.21. The Morgan fingerprint density at radius 2 is 2.12 bits per heavy atom. The lowest BCUT2D eigenvalue weighted by atomic mass is 9.90. The summed E-state index contributed by atoms with van der Waals surface area (Å²) in [5.74, 6) is 3.37. The van der Waals surface area contributed by atoms with Crippen molar-refractivity contribution in [1.29, 1.82) is 0 Å². The molecule has 6 rings (SSSR count). The molecule has 0 bridgehead atoms. The maximum atomic E-state index is 6.73. The molecule has 2 aromatic carbocycles. The van der Waals surface area contributed by atoms with Gasteiger partial charge in [-0.1, -0.05) is 23.7 Å². The smallest absolute Gasteiger partial charge is 0.0948 e. The minimum Gasteiger partial charge on any atom is -0.376 e. The molecule has 1 N–H and O–H groups in total. The fraction of sp³-hybridized carbons (Fsp3) is 0.333. The highest BCUT2D eigenvalue weighted by atomic mass is 35.5. The van der Waals surface area contributed by atoms with E-state index in [1.807, 2.05) is 29.2 Å². The number of aryl methyl sites for hydroxylation is 1. The molecule has 1 saturated heterocycles. The number of H-pyrrole nitrogens is 1. The van der Waals surface area contributed by atoms with Crippen LogP contribution in [0.1, 0.15) is 42.7 Å². The predicted octanol–water partition coefficient (Wildman–Crippen LogP) is 6.24. The van der Waals surface area contributed by atoms with Crippen LogP contribution in [0.5, 0.6) is 0 Å². The third-order valence-corrected chi connectivity index (χ3v) is 7.16. The highest BCUT2D eigenvalue weighted by Gasteiger charge is 2.20. The van der Waals surface area contributed by atoms with Crippen LogP contribution < -0.4 is 0 Å². The molecular weight excluding hydrogens is 446 g/mol. The van der Waals surface area contributed by atoms with Crippen LogP contribution in [0.2, 0.25) is 5.02 Å². The molecule has 6 nitrogen and oxygen atoms in total. The van der Waals surface area contributed by atoms with Crippen molar-refractivity contribution in [2.45, 2.75) is 50.7 Å². The van der Waals surface area contributed by atoms with E-state index in [2.05, 4.69) is 56.5 Å². The van der Waals surface area contributed by atoms with Gasteiger partial charge in [-0.2, -0.15) is 10.2 Å². The molecule has 0 amide bonds. The number of halogens is 1. The first-order chi connectivity index (χ1) is 16.7. The molecule has 2 atom stereocenters. The van der Waals surface area contributed by atoms with Gasteiger partial charge in [-0.15, -0.1) is 0 Å². The number of hydrogen-bond donors (Lipinski definition) is 1. The summed E-state index contributed by atoms with van der Waals surface area (Å²) in [6.07, 6.45) is 11.2. The van der Waals surface area contributed by atoms with Gasteiger partial charge < -0.3 is 4.74 Å². The number of ether oxygens (including phenoxy) is 1. The lowest BCUT2D eigenvalue weighted by molar-refractivity contribution is 0.00428. The van der Waals surface area contributed by atoms with Crippen molar-refractivity contribution in [3.05, 3.63) is 71.0 Å². The van der Waals surface area contributed by atoms with Crippen LogP contribution in [-0.2, 0) is 17.7 Å². The van der Waals surface area contributed by atoms with Crippen LogP contribution in [0.4, 0.5) is 5.69 Å². The second-order valence-electron chi connectivity index (χ2n) is 9.12. The van der Waals surface area contributed by atoms with E-state index >= 15 is 0 Å². The SMILES string of the molecule is Clc1cc(-c2ccnn2CC2CCCCO2)cc2c1N=C=CC(c1ccc3cn[nH]c3c1)CC2. The fourth-order valence-corrected chi connectivity index (χ4v) is 5.30. The molecule has 4 heterocycles. The van der Waals surface area contributed by atoms with E-state index < -0.39 is 0 Å². The van der Waals surface area contributed by atoms with E-state index in [9.17, 15) is 0 Å². The summed E-state index contributed by atoms with van der Waals surface area (Å²) in [5.41, 5.74) is 6.35. The van der Waals surface area contributed by atoms with E-state index in [1.54, 1.807) is 0 Å². The van der Waals surface area contributed by atoms with Crippen molar-refractivity contribution in [2.24, 2.45) is 4.99 Å². The summed E-state index contributed by atoms with van der Waals surface area (Å²) in [7, 11) is 0. The maximum absolute atomic E-state index is 6.73. The van der Waals surface area contributed by atoms with Gasteiger partial charge in [0, 0.05) is 29.7 Å². The highest BCUT2D eigenvalue weighted by molar-refractivity contribution is 6.33. The van der Waals surface area contributed by atoms with Crippen LogP contribution in [0.15, 0.2) is 59.9 Å². The lowest BCUT2D eigenvalue weighted by Gasteiger charge is -2.23. The molecule has 1 fully saturated rings. The Morgan fingerprint density at radius 3 is 3.03 bits per heavy atom. The van der Waals surface area contributed by atoms with E-state index in [-0.39, 0.29) is 12.0 Å². The maximum Gasteiger partial charge on any atom is 0.0948 e. The molecule has 2 unspecified atom stereocenters. The molecule has 7 heteroatoms. The zero-order valence-corrected chi connectivity index (χ0v) is 19.6. The highest BCUT2D eigenvalue weighted by Crippen LogP contribution is 2.37. The van der Waals surface area contributed by atoms with Crippen LogP contribution in [0.25, 0.3) is 22.2 Å². The van der Waals surface area contributed by atoms with Gasteiger partial charge in [-0.3, -0.25) is 9.78 Å². The molecule has 0 aliphatic carbocycles. The van der Waals surface area contributed by atoms with E-state index in [4.69, 9.17) is 16.3 Å². The summed E-state index contributed by atoms with van der Waals surface area (Å²) in [4.78, 5) is 4.61. The van der Waals surface area contributed by atoms with Gasteiger partial charge in [0.2, 0.25) is 0 Å². The number of nitrogens with zero attached hydrogens (tertiary/aromatic N) is 4. The van der Waals surface area contributed by atoms with Crippen molar-refractivity contribution in [3.8, 4) is 11.3 Å². The minimum absolute atomic E-state index is 0.218. The second-order valence-corrected chi connectivity index (χ2v) is 9.53. The van der Waals surface area contributed by atoms with Gasteiger partial charge in [0.25, 0.3) is 0 Å². The van der Waals surface area contributed by atoms with Gasteiger partial charge in [-0.05, 0) is 79.4 Å². The van der Waals surface area contributed by atoms with Crippen molar-refractivity contribution in [2.75, 3.05) is 6.61 Å². The molecular formula is C27H26ClN5O. The van der Waals surface area contributed by atoms with Crippen LogP contribution in [-0.4, -0.2) is 38.6 Å². The van der Waals surface area contributed by atoms with Crippen LogP contribution in [0, 0.1) is 0 Å². The summed E-state index contributed by atoms with van der Waals surface area (Å²) in [5, 5.41) is 13.5. The second kappa shape index (κ2) is 9.22. The molecule has 0 spiro atoms. The van der Waals surface area contributed by atoms with Gasteiger partial charge in [0.15, 0.2) is 0 Å². The predicted molar refractivity (Wildman–Crippen MR) is 135 cm³/mol. The average molecular weight is 472 g/mol. The first-order valence-electron chi connectivity index (χ1n) is 11.9. The van der Waals surface area contributed by atoms with Gasteiger partial charge >= 0.3 is 0 Å². The summed E-state index contributed by atoms with van der Waals surface area (Å²) >= 11 is 6.73. The number of nitrogens with one attached hydrogen (secondary N) is 1. The number of fused-ring (bicyclic) bond motifs is 2. The van der Waals surface area contributed by atoms with Crippen molar-refractivity contribution in [1.82, 2.24) is 20.0 Å². The Morgan fingerprint density at radius 1 is 1.15 bits per heavy atom. The zero-order valence-electron chi connectivity index (χ0n) is 18.9. The number of aromatic amines is 1. The molecule has 2 aliphatic heterocycles. The lowest BCUT2D eigenvalue weighted by Crippen LogP contribution is -2.25. The normalized spacial score (nSPS) is 20.3. The monoisotopic (exact) mass is 471 g/mol. The molecule has 2 aliphatic rings. The summed E-state index contributed by atoms with van der Waals surface area (Å²) in [6, 6.07) is 12.7. The Hall–Kier alpha value is -3.18. The molecule has 4 aromatic rings. The van der Waals surface area contributed by atoms with E-state index in [1.165, 1.54) is 12.0 Å². The minimum atomic E-state index is 0.218. The molecule has 0 saturated carbocycles. The Bertz CT molecular complexity index is 1390. The zero-order chi connectivity index (χ0) is 22.9. The first kappa shape index (κ1) is 21.4. The van der Waals surface area contributed by atoms with Crippen molar-refractivity contribution >= 4 is 34.1 Å². The number of aliphatic imine (C=N–C) groups is 1. The Kier molecular flexibility index (Phi) is 5.79. The van der Waals surface area contributed by atoms with Gasteiger partial charge in [0.05, 0.1) is 40.8 Å². The van der Waals surface area contributed by atoms with Gasteiger partial charge in [0.1, 0.15) is 0 Å². The van der Waals surface area contributed by atoms with Crippen molar-refractivity contribution < 1.29 is 4.74 Å². The quantitative estimate of drug-likeness (QED) is 0.383. The summed E-state index contributed by atoms with van der Waals surface area (Å²) < 4.78 is 7.99. The number of hydrogen-bond acceptors (Lipinski definition) is 4. The largest absolute Gasteiger partial charge is 0.376 e. The number of allylic oxidation sites excluding steroid dienone is 1. The fourth-order valence-electron chi connectivity index (χ4n) is 5.02. The number of aromatic nitrogens is 4. The third-order valence-electron chi connectivity index (χ3n) is 6.88. The van der Waals surface area contributed by atoms with Crippen molar-refractivity contribution in [3.63, 3.8) is 0 Å². The van der Waals surface area contributed by atoms with Gasteiger partial charge in [-0.25, -0.2) is 4.99 Å². The van der Waals surface area contributed by atoms with Crippen LogP contribution >= 0.6 is 11.6 Å². The molecule has 2 aromatic heterocycles. The Balaban J connectivity index is 1.29. The number of benzene rings is 2. The standard InChI is InChI=1S/C27H26ClN5O/c28-24-14-22(26-9-11-31-33(26)17-23-3-1-2-12-34-23)13-20-6-4-18(8-10-29-27(20)24)19-5-7-21-16-30-32-25(21)15-19/h5,7-9,11,13-16,18,23H,1-4,6,12,17H2,(H,30,32). The number of rotatable bonds is 4. The molecule has 34 heavy (non-hydrogen) atoms. The molecule has 0 radical (unpaired) electrons. The molecule has 172 valence electrons. The Labute approximate surface area is 203 Å². The average Bonchev–Trinajstić information content (AvgIpc) is 3.50. The van der Waals surface area contributed by atoms with Crippen LogP contribution in [0.3, 0.4) is 0 Å². The topological polar surface area (TPSA) is 68.1 Å². The summed E-state index contributed by atoms with van der Waals surface area (Å²) in [6.45, 7) is 1.60.